The predicted octanol–water partition coefficient (Wildman–Crippen LogP) is 1.27. The van der Waals surface area contributed by atoms with E-state index in [1.54, 1.807) is 12.1 Å². The summed E-state index contributed by atoms with van der Waals surface area (Å²) in [7, 11) is -3.78. The molecule has 0 saturated carbocycles. The molecule has 2 amide bonds. The van der Waals surface area contributed by atoms with Crippen molar-refractivity contribution < 1.29 is 22.7 Å². The van der Waals surface area contributed by atoms with Crippen LogP contribution in [0.25, 0.3) is 0 Å². The molecule has 0 bridgehead atoms. The van der Waals surface area contributed by atoms with Gasteiger partial charge in [-0.2, -0.15) is 4.31 Å². The van der Waals surface area contributed by atoms with E-state index in [2.05, 4.69) is 26.6 Å². The number of rotatable bonds is 7. The number of sulfonamides is 1. The van der Waals surface area contributed by atoms with Crippen LogP contribution in [-0.4, -0.2) is 57.0 Å². The van der Waals surface area contributed by atoms with Crippen molar-refractivity contribution >= 4 is 37.8 Å². The maximum Gasteiger partial charge on any atom is 0.309 e. The van der Waals surface area contributed by atoms with E-state index in [0.717, 1.165) is 10.0 Å². The summed E-state index contributed by atoms with van der Waals surface area (Å²) in [5.41, 5.74) is 1.05. The van der Waals surface area contributed by atoms with E-state index in [9.17, 15) is 18.0 Å². The highest BCUT2D eigenvalue weighted by molar-refractivity contribution is 9.10. The number of carbonyl (C=O) groups excluding carboxylic acids is 2. The molecule has 0 radical (unpaired) electrons. The highest BCUT2D eigenvalue weighted by atomic mass is 79.9. The molecule has 2 N–H and O–H groups in total. The third kappa shape index (κ3) is 5.66. The molecule has 1 heterocycles. The molecular weight excluding hydrogens is 474 g/mol. The average Bonchev–Trinajstić information content (AvgIpc) is 3.22. The Morgan fingerprint density at radius 2 is 1.70 bits per heavy atom. The van der Waals surface area contributed by atoms with Crippen LogP contribution in [0.3, 0.4) is 0 Å². The third-order valence-corrected chi connectivity index (χ3v) is 6.98. The first-order valence-corrected chi connectivity index (χ1v) is 11.6. The quantitative estimate of drug-likeness (QED) is 0.562. The number of halogens is 1. The van der Waals surface area contributed by atoms with Crippen molar-refractivity contribution in [3.05, 3.63) is 64.6 Å². The fraction of sp³-hybridized carbons (Fsp3) is 0.300. The number of hydrogen-bond donors (Lipinski definition) is 2. The van der Waals surface area contributed by atoms with Crippen molar-refractivity contribution in [2.75, 3.05) is 26.2 Å². The largest absolute Gasteiger partial charge is 0.359 e. The number of hydrogen-bond acceptors (Lipinski definition) is 5. The minimum atomic E-state index is -3.78. The SMILES string of the molecule is O=C(NCCc1ccccc1)C(=O)NC[C@@H]1OCCN1S(=O)(=O)c1ccc(Br)cc1. The third-order valence-electron chi connectivity index (χ3n) is 4.55. The van der Waals surface area contributed by atoms with E-state index in [1.165, 1.54) is 16.4 Å². The lowest BCUT2D eigenvalue weighted by Crippen LogP contribution is -2.47. The van der Waals surface area contributed by atoms with Crippen molar-refractivity contribution in [3.8, 4) is 0 Å². The standard InChI is InChI=1S/C20H22BrN3O5S/c21-16-6-8-17(9-7-16)30(27,28)24-12-13-29-18(24)14-23-20(26)19(25)22-11-10-15-4-2-1-3-5-15/h1-9,18H,10-14H2,(H,22,25)(H,23,26)/t18-/m0/s1. The molecule has 30 heavy (non-hydrogen) atoms. The molecule has 160 valence electrons. The van der Waals surface area contributed by atoms with Gasteiger partial charge >= 0.3 is 11.8 Å². The van der Waals surface area contributed by atoms with E-state index in [1.807, 2.05) is 30.3 Å². The average molecular weight is 496 g/mol. The molecule has 1 saturated heterocycles. The molecule has 2 aromatic carbocycles. The second kappa shape index (κ2) is 10.2. The van der Waals surface area contributed by atoms with Gasteiger partial charge in [-0.25, -0.2) is 8.42 Å². The topological polar surface area (TPSA) is 105 Å². The Bertz CT molecular complexity index is 983. The molecule has 0 aromatic heterocycles. The first-order valence-electron chi connectivity index (χ1n) is 9.37. The number of nitrogens with one attached hydrogen (secondary N) is 2. The Kier molecular flexibility index (Phi) is 7.59. The van der Waals surface area contributed by atoms with Crippen LogP contribution in [0.15, 0.2) is 64.0 Å². The van der Waals surface area contributed by atoms with E-state index in [0.29, 0.717) is 13.0 Å². The zero-order valence-corrected chi connectivity index (χ0v) is 18.5. The van der Waals surface area contributed by atoms with Gasteiger partial charge in [-0.3, -0.25) is 9.59 Å². The second-order valence-electron chi connectivity index (χ2n) is 6.60. The van der Waals surface area contributed by atoms with E-state index < -0.39 is 28.1 Å². The maximum atomic E-state index is 12.8. The monoisotopic (exact) mass is 495 g/mol. The van der Waals surface area contributed by atoms with Crippen molar-refractivity contribution in [1.82, 2.24) is 14.9 Å². The first kappa shape index (κ1) is 22.4. The van der Waals surface area contributed by atoms with Gasteiger partial charge in [0, 0.05) is 17.6 Å². The summed E-state index contributed by atoms with van der Waals surface area (Å²) < 4.78 is 33.1. The fourth-order valence-electron chi connectivity index (χ4n) is 2.99. The number of amides is 2. The summed E-state index contributed by atoms with van der Waals surface area (Å²) in [5.74, 6) is -1.61. The van der Waals surface area contributed by atoms with Crippen LogP contribution in [0.4, 0.5) is 0 Å². The lowest BCUT2D eigenvalue weighted by atomic mass is 10.1. The van der Waals surface area contributed by atoms with Crippen LogP contribution < -0.4 is 10.6 Å². The highest BCUT2D eigenvalue weighted by Crippen LogP contribution is 2.23. The Labute approximate surface area is 183 Å². The molecule has 1 aliphatic rings. The molecule has 3 rings (SSSR count). The molecular formula is C20H22BrN3O5S. The lowest BCUT2D eigenvalue weighted by Gasteiger charge is -2.22. The van der Waals surface area contributed by atoms with Crippen molar-refractivity contribution in [2.45, 2.75) is 17.5 Å². The van der Waals surface area contributed by atoms with Gasteiger partial charge < -0.3 is 15.4 Å². The van der Waals surface area contributed by atoms with Gasteiger partial charge in [0.15, 0.2) is 0 Å². The Hall–Kier alpha value is -2.27. The molecule has 2 aromatic rings. The van der Waals surface area contributed by atoms with Gasteiger partial charge in [0.05, 0.1) is 18.0 Å². The summed E-state index contributed by atoms with van der Waals surface area (Å²) in [5, 5.41) is 5.00. The number of carbonyl (C=O) groups is 2. The van der Waals surface area contributed by atoms with Crippen LogP contribution in [-0.2, 0) is 30.8 Å². The van der Waals surface area contributed by atoms with Crippen molar-refractivity contribution in [1.29, 1.82) is 0 Å². The van der Waals surface area contributed by atoms with Gasteiger partial charge in [0.1, 0.15) is 6.23 Å². The number of benzene rings is 2. The van der Waals surface area contributed by atoms with E-state index in [-0.39, 0.29) is 24.6 Å². The highest BCUT2D eigenvalue weighted by Gasteiger charge is 2.36. The molecule has 1 aliphatic heterocycles. The zero-order chi connectivity index (χ0) is 21.6. The van der Waals surface area contributed by atoms with Crippen molar-refractivity contribution in [3.63, 3.8) is 0 Å². The maximum absolute atomic E-state index is 12.8. The molecule has 0 unspecified atom stereocenters. The summed E-state index contributed by atoms with van der Waals surface area (Å²) >= 11 is 3.27. The molecule has 1 fully saturated rings. The summed E-state index contributed by atoms with van der Waals surface area (Å²) in [6.07, 6.45) is -0.273. The zero-order valence-electron chi connectivity index (χ0n) is 16.1. The van der Waals surface area contributed by atoms with E-state index in [4.69, 9.17) is 4.74 Å². The normalized spacial score (nSPS) is 16.9. The minimum absolute atomic E-state index is 0.124. The predicted molar refractivity (Wildman–Crippen MR) is 114 cm³/mol. The minimum Gasteiger partial charge on any atom is -0.359 e. The summed E-state index contributed by atoms with van der Waals surface area (Å²) in [6, 6.07) is 15.8. The lowest BCUT2D eigenvalue weighted by molar-refractivity contribution is -0.139. The van der Waals surface area contributed by atoms with Gasteiger partial charge in [0.2, 0.25) is 10.0 Å². The van der Waals surface area contributed by atoms with E-state index >= 15 is 0 Å². The van der Waals surface area contributed by atoms with Crippen molar-refractivity contribution in [2.24, 2.45) is 0 Å². The van der Waals surface area contributed by atoms with Crippen LogP contribution >= 0.6 is 15.9 Å². The summed E-state index contributed by atoms with van der Waals surface area (Å²) in [4.78, 5) is 24.2. The molecule has 1 atom stereocenters. The molecule has 8 nitrogen and oxygen atoms in total. The van der Waals surface area contributed by atoms with Gasteiger partial charge in [-0.15, -0.1) is 0 Å². The molecule has 10 heteroatoms. The Balaban J connectivity index is 1.50. The first-order chi connectivity index (χ1) is 14.4. The van der Waals surface area contributed by atoms with Crippen LogP contribution in [0, 0.1) is 0 Å². The van der Waals surface area contributed by atoms with Crippen LogP contribution in [0.2, 0.25) is 0 Å². The number of nitrogens with zero attached hydrogens (tertiary/aromatic N) is 1. The van der Waals surface area contributed by atoms with Crippen LogP contribution in [0.5, 0.6) is 0 Å². The Morgan fingerprint density at radius 3 is 2.40 bits per heavy atom. The van der Waals surface area contributed by atoms with Gasteiger partial charge in [-0.05, 0) is 36.2 Å². The number of ether oxygens (including phenoxy) is 1. The molecule has 0 aliphatic carbocycles. The second-order valence-corrected chi connectivity index (χ2v) is 9.40. The van der Waals surface area contributed by atoms with Gasteiger partial charge in [-0.1, -0.05) is 46.3 Å². The fourth-order valence-corrected chi connectivity index (χ4v) is 4.76. The smallest absolute Gasteiger partial charge is 0.309 e. The van der Waals surface area contributed by atoms with Crippen LogP contribution in [0.1, 0.15) is 5.56 Å². The summed E-state index contributed by atoms with van der Waals surface area (Å²) in [6.45, 7) is 0.572. The Morgan fingerprint density at radius 1 is 1.03 bits per heavy atom. The molecule has 0 spiro atoms. The van der Waals surface area contributed by atoms with Gasteiger partial charge in [0.25, 0.3) is 0 Å².